The number of aromatic nitrogens is 2. The van der Waals surface area contributed by atoms with Gasteiger partial charge in [0.2, 0.25) is 17.7 Å². The van der Waals surface area contributed by atoms with Crippen molar-refractivity contribution in [1.82, 2.24) is 15.3 Å². The molecule has 14 heteroatoms. The third-order valence-corrected chi connectivity index (χ3v) is 13.7. The van der Waals surface area contributed by atoms with Crippen LogP contribution in [0.15, 0.2) is 60.9 Å². The van der Waals surface area contributed by atoms with Crippen LogP contribution in [0.5, 0.6) is 17.4 Å². The number of pyridine rings is 2. The van der Waals surface area contributed by atoms with Crippen molar-refractivity contribution in [2.45, 2.75) is 51.7 Å². The van der Waals surface area contributed by atoms with Crippen LogP contribution in [0.3, 0.4) is 0 Å². The molecule has 1 saturated carbocycles. The quantitative estimate of drug-likeness (QED) is 0.0790. The van der Waals surface area contributed by atoms with E-state index in [1.54, 1.807) is 24.4 Å². The Balaban J connectivity index is 1.29. The Bertz CT molecular complexity index is 1900. The molecule has 0 spiro atoms. The molecular weight excluding hydrogens is 669 g/mol. The SMILES string of the molecule is CNC(=O)c1cc2c(Oc3ncc(NC(=O)C4(C(=O)Nc5ccc(F)cc5)CC4)cc3Cl)ccnc2cc1OCCO[Si](C)(C)C(C)(C)C. The number of amides is 3. The number of nitrogens with one attached hydrogen (secondary N) is 3. The molecule has 1 aliphatic carbocycles. The second-order valence-electron chi connectivity index (χ2n) is 13.3. The molecule has 0 bridgehead atoms. The lowest BCUT2D eigenvalue weighted by atomic mass is 10.0. The lowest BCUT2D eigenvalue weighted by molar-refractivity contribution is -0.131. The third-order valence-electron chi connectivity index (χ3n) is 8.88. The van der Waals surface area contributed by atoms with Gasteiger partial charge in [-0.1, -0.05) is 32.4 Å². The average molecular weight is 708 g/mol. The van der Waals surface area contributed by atoms with E-state index in [4.69, 9.17) is 25.5 Å². The van der Waals surface area contributed by atoms with E-state index in [1.165, 1.54) is 43.6 Å². The number of benzene rings is 2. The monoisotopic (exact) mass is 707 g/mol. The van der Waals surface area contributed by atoms with Crippen LogP contribution in [0, 0.1) is 11.2 Å². The summed E-state index contributed by atoms with van der Waals surface area (Å²) in [6.07, 6.45) is 3.64. The fourth-order valence-electron chi connectivity index (χ4n) is 4.72. The van der Waals surface area contributed by atoms with Gasteiger partial charge in [-0.3, -0.25) is 19.4 Å². The number of fused-ring (bicyclic) bond motifs is 1. The van der Waals surface area contributed by atoms with Gasteiger partial charge in [0.25, 0.3) is 5.91 Å². The first-order valence-corrected chi connectivity index (χ1v) is 19.1. The molecule has 0 aliphatic heterocycles. The van der Waals surface area contributed by atoms with E-state index in [9.17, 15) is 18.8 Å². The lowest BCUT2D eigenvalue weighted by Crippen LogP contribution is -2.41. The van der Waals surface area contributed by atoms with Gasteiger partial charge in [-0.2, -0.15) is 0 Å². The largest absolute Gasteiger partial charge is 0.490 e. The molecule has 0 radical (unpaired) electrons. The van der Waals surface area contributed by atoms with Gasteiger partial charge in [0, 0.05) is 30.4 Å². The molecule has 2 aromatic heterocycles. The summed E-state index contributed by atoms with van der Waals surface area (Å²) in [6, 6.07) is 11.7. The molecule has 5 rings (SSSR count). The number of nitrogens with zero attached hydrogens (tertiary/aromatic N) is 2. The lowest BCUT2D eigenvalue weighted by Gasteiger charge is -2.36. The summed E-state index contributed by atoms with van der Waals surface area (Å²) < 4.78 is 31.6. The maximum atomic E-state index is 13.2. The summed E-state index contributed by atoms with van der Waals surface area (Å²) in [5.74, 6) is -1.04. The first-order valence-electron chi connectivity index (χ1n) is 15.8. The summed E-state index contributed by atoms with van der Waals surface area (Å²) in [4.78, 5) is 47.7. The molecule has 4 aromatic rings. The van der Waals surface area contributed by atoms with Crippen molar-refractivity contribution in [3.63, 3.8) is 0 Å². The van der Waals surface area contributed by atoms with Crippen LogP contribution >= 0.6 is 11.6 Å². The Kier molecular flexibility index (Phi) is 10.3. The molecule has 2 heterocycles. The van der Waals surface area contributed by atoms with Crippen molar-refractivity contribution >= 4 is 59.9 Å². The number of hydrogen-bond acceptors (Lipinski definition) is 8. The highest BCUT2D eigenvalue weighted by atomic mass is 35.5. The maximum Gasteiger partial charge on any atom is 0.254 e. The van der Waals surface area contributed by atoms with Gasteiger partial charge in [0.1, 0.15) is 34.4 Å². The number of hydrogen-bond donors (Lipinski definition) is 3. The highest BCUT2D eigenvalue weighted by molar-refractivity contribution is 6.74. The van der Waals surface area contributed by atoms with Crippen LogP contribution in [-0.4, -0.2) is 56.3 Å². The Hall–Kier alpha value is -4.59. The zero-order valence-corrected chi connectivity index (χ0v) is 30.0. The zero-order valence-electron chi connectivity index (χ0n) is 28.2. The standard InChI is InChI=1S/C35H39ClFN5O6Si/c1-34(2,3)49(5,6)47-16-15-46-29-19-27-24(18-25(29)30(43)38-4)28(11-14-39-27)48-31-26(36)17-23(20-40-31)42-33(45)35(12-13-35)32(44)41-22-9-7-21(37)8-10-22/h7-11,14,17-20H,12-13,15-16H2,1-6H3,(H,38,43)(H,41,44)(H,42,45). The van der Waals surface area contributed by atoms with Gasteiger partial charge in [0.15, 0.2) is 8.32 Å². The first-order chi connectivity index (χ1) is 23.1. The van der Waals surface area contributed by atoms with Gasteiger partial charge >= 0.3 is 0 Å². The van der Waals surface area contributed by atoms with Gasteiger partial charge in [-0.05, 0) is 73.4 Å². The van der Waals surface area contributed by atoms with E-state index in [1.807, 2.05) is 0 Å². The van der Waals surface area contributed by atoms with Crippen LogP contribution in [0.1, 0.15) is 44.0 Å². The van der Waals surface area contributed by atoms with Gasteiger partial charge in [0.05, 0.1) is 29.6 Å². The van der Waals surface area contributed by atoms with Gasteiger partial charge < -0.3 is 29.9 Å². The fraction of sp³-hybridized carbons (Fsp3) is 0.343. The zero-order chi connectivity index (χ0) is 35.6. The number of halogens is 2. The van der Waals surface area contributed by atoms with Crippen molar-refractivity contribution in [2.24, 2.45) is 5.41 Å². The summed E-state index contributed by atoms with van der Waals surface area (Å²) in [6.45, 7) is 11.5. The molecule has 1 fully saturated rings. The van der Waals surface area contributed by atoms with E-state index in [0.717, 1.165) is 0 Å². The molecule has 1 aliphatic rings. The van der Waals surface area contributed by atoms with Crippen LogP contribution in [-0.2, 0) is 14.0 Å². The summed E-state index contributed by atoms with van der Waals surface area (Å²) >= 11 is 6.53. The first kappa shape index (κ1) is 35.7. The number of rotatable bonds is 12. The molecule has 3 N–H and O–H groups in total. The number of anilines is 2. The second kappa shape index (κ2) is 14.1. The molecule has 49 heavy (non-hydrogen) atoms. The molecule has 0 atom stereocenters. The van der Waals surface area contributed by atoms with Crippen LogP contribution in [0.2, 0.25) is 23.2 Å². The summed E-state index contributed by atoms with van der Waals surface area (Å²) in [5.41, 5.74) is 0.200. The minimum Gasteiger partial charge on any atom is -0.490 e. The molecule has 3 amide bonds. The van der Waals surface area contributed by atoms with Gasteiger partial charge in [-0.15, -0.1) is 0 Å². The number of carbonyl (C=O) groups is 3. The van der Waals surface area contributed by atoms with Crippen molar-refractivity contribution in [3.05, 3.63) is 77.3 Å². The highest BCUT2D eigenvalue weighted by Crippen LogP contribution is 2.48. The normalized spacial score (nSPS) is 13.8. The van der Waals surface area contributed by atoms with E-state index in [0.29, 0.717) is 47.5 Å². The van der Waals surface area contributed by atoms with Crippen molar-refractivity contribution < 1.29 is 32.7 Å². The summed E-state index contributed by atoms with van der Waals surface area (Å²) in [7, 11) is -0.434. The molecule has 0 unspecified atom stereocenters. The summed E-state index contributed by atoms with van der Waals surface area (Å²) in [5, 5.41) is 8.70. The molecule has 2 aromatic carbocycles. The van der Waals surface area contributed by atoms with Crippen LogP contribution in [0.4, 0.5) is 15.8 Å². The number of carbonyl (C=O) groups excluding carboxylic acids is 3. The molecular formula is C35H39ClFN5O6Si. The second-order valence-corrected chi connectivity index (χ2v) is 18.5. The Labute approximate surface area is 290 Å². The molecule has 258 valence electrons. The van der Waals surface area contributed by atoms with Gasteiger partial charge in [-0.25, -0.2) is 9.37 Å². The minimum absolute atomic E-state index is 0.0481. The van der Waals surface area contributed by atoms with Crippen molar-refractivity contribution in [2.75, 3.05) is 30.9 Å². The van der Waals surface area contributed by atoms with Crippen LogP contribution < -0.4 is 25.4 Å². The molecule has 11 nitrogen and oxygen atoms in total. The highest BCUT2D eigenvalue weighted by Gasteiger charge is 2.56. The smallest absolute Gasteiger partial charge is 0.254 e. The number of ether oxygens (including phenoxy) is 2. The maximum absolute atomic E-state index is 13.2. The van der Waals surface area contributed by atoms with E-state index < -0.39 is 31.4 Å². The topological polar surface area (TPSA) is 141 Å². The van der Waals surface area contributed by atoms with E-state index in [2.05, 4.69) is 59.8 Å². The van der Waals surface area contributed by atoms with Crippen LogP contribution in [0.25, 0.3) is 10.9 Å². The predicted molar refractivity (Wildman–Crippen MR) is 188 cm³/mol. The predicted octanol–water partition coefficient (Wildman–Crippen LogP) is 7.33. The van der Waals surface area contributed by atoms with Crippen molar-refractivity contribution in [3.8, 4) is 17.4 Å². The Morgan fingerprint density at radius 1 is 0.939 bits per heavy atom. The Morgan fingerprint density at radius 3 is 2.22 bits per heavy atom. The minimum atomic E-state index is -1.97. The third kappa shape index (κ3) is 8.01. The van der Waals surface area contributed by atoms with Crippen molar-refractivity contribution in [1.29, 1.82) is 0 Å². The van der Waals surface area contributed by atoms with E-state index >= 15 is 0 Å². The van der Waals surface area contributed by atoms with E-state index in [-0.39, 0.29) is 39.7 Å². The average Bonchev–Trinajstić information content (AvgIpc) is 3.87. The molecule has 0 saturated heterocycles. The Morgan fingerprint density at radius 2 is 1.61 bits per heavy atom. The fourth-order valence-corrected chi connectivity index (χ4v) is 5.96.